The van der Waals surface area contributed by atoms with Crippen molar-refractivity contribution >= 4 is 22.4 Å². The van der Waals surface area contributed by atoms with Crippen molar-refractivity contribution in [2.24, 2.45) is 0 Å². The van der Waals surface area contributed by atoms with Gasteiger partial charge >= 0.3 is 0 Å². The standard InChI is InChI=1S/C22H18N4O2S/c1-14-8-9-17(15(2)12-14)19-13-29-22(23-19)24-21(28)18-10-11-20(27)26(25-18)16-6-4-3-5-7-16/h3-13H,1-2H3,(H,23,24,28). The minimum absolute atomic E-state index is 0.136. The van der Waals surface area contributed by atoms with E-state index < -0.39 is 5.91 Å². The first-order valence-corrected chi connectivity index (χ1v) is 9.89. The lowest BCUT2D eigenvalue weighted by molar-refractivity contribution is 0.102. The number of nitrogens with one attached hydrogen (secondary N) is 1. The fraction of sp³-hybridized carbons (Fsp3) is 0.0909. The second-order valence-corrected chi connectivity index (χ2v) is 7.47. The van der Waals surface area contributed by atoms with Crippen LogP contribution in [-0.2, 0) is 0 Å². The summed E-state index contributed by atoms with van der Waals surface area (Å²) in [7, 11) is 0. The van der Waals surface area contributed by atoms with Gasteiger partial charge in [-0.25, -0.2) is 4.98 Å². The number of anilines is 1. The molecule has 4 rings (SSSR count). The van der Waals surface area contributed by atoms with Crippen LogP contribution in [0.25, 0.3) is 16.9 Å². The fourth-order valence-electron chi connectivity index (χ4n) is 3.00. The summed E-state index contributed by atoms with van der Waals surface area (Å²) in [6, 6.07) is 17.9. The molecule has 7 heteroatoms. The summed E-state index contributed by atoms with van der Waals surface area (Å²) in [5.41, 5.74) is 4.59. The number of aryl methyl sites for hydroxylation is 2. The van der Waals surface area contributed by atoms with Crippen LogP contribution in [0.4, 0.5) is 5.13 Å². The molecular weight excluding hydrogens is 384 g/mol. The smallest absolute Gasteiger partial charge is 0.277 e. The Balaban J connectivity index is 1.58. The zero-order valence-corrected chi connectivity index (χ0v) is 16.7. The molecule has 29 heavy (non-hydrogen) atoms. The van der Waals surface area contributed by atoms with E-state index in [0.717, 1.165) is 16.8 Å². The monoisotopic (exact) mass is 402 g/mol. The molecule has 2 aromatic heterocycles. The number of aromatic nitrogens is 3. The summed E-state index contributed by atoms with van der Waals surface area (Å²) in [4.78, 5) is 29.3. The van der Waals surface area contributed by atoms with Gasteiger partial charge in [-0.15, -0.1) is 11.3 Å². The molecule has 0 aliphatic rings. The van der Waals surface area contributed by atoms with Crippen molar-refractivity contribution in [1.82, 2.24) is 14.8 Å². The maximum atomic E-state index is 12.6. The van der Waals surface area contributed by atoms with Crippen molar-refractivity contribution in [1.29, 1.82) is 0 Å². The van der Waals surface area contributed by atoms with Gasteiger partial charge in [0.2, 0.25) is 0 Å². The van der Waals surface area contributed by atoms with E-state index in [-0.39, 0.29) is 11.3 Å². The van der Waals surface area contributed by atoms with Crippen molar-refractivity contribution in [3.8, 4) is 16.9 Å². The third-order valence-electron chi connectivity index (χ3n) is 4.42. The number of thiazole rings is 1. The van der Waals surface area contributed by atoms with Gasteiger partial charge < -0.3 is 0 Å². The lowest BCUT2D eigenvalue weighted by Gasteiger charge is -2.06. The predicted molar refractivity (Wildman–Crippen MR) is 115 cm³/mol. The molecule has 2 aromatic carbocycles. The van der Waals surface area contributed by atoms with Gasteiger partial charge in [0, 0.05) is 17.0 Å². The van der Waals surface area contributed by atoms with Crippen molar-refractivity contribution in [2.75, 3.05) is 5.32 Å². The highest BCUT2D eigenvalue weighted by molar-refractivity contribution is 7.14. The van der Waals surface area contributed by atoms with Crippen LogP contribution in [0.1, 0.15) is 21.6 Å². The average molecular weight is 402 g/mol. The fourth-order valence-corrected chi connectivity index (χ4v) is 3.71. The zero-order valence-electron chi connectivity index (χ0n) is 15.9. The molecule has 0 bridgehead atoms. The molecule has 0 spiro atoms. The zero-order chi connectivity index (χ0) is 20.4. The molecule has 0 aliphatic heterocycles. The van der Waals surface area contributed by atoms with Crippen LogP contribution in [0.5, 0.6) is 0 Å². The Hall–Kier alpha value is -3.58. The molecule has 0 saturated heterocycles. The SMILES string of the molecule is Cc1ccc(-c2csc(NC(=O)c3ccc(=O)n(-c4ccccc4)n3)n2)c(C)c1. The number of rotatable bonds is 4. The van der Waals surface area contributed by atoms with E-state index in [2.05, 4.69) is 21.5 Å². The van der Waals surface area contributed by atoms with Gasteiger partial charge in [0.15, 0.2) is 5.13 Å². The van der Waals surface area contributed by atoms with E-state index in [1.807, 2.05) is 37.4 Å². The van der Waals surface area contributed by atoms with Gasteiger partial charge in [0.25, 0.3) is 11.5 Å². The Kier molecular flexibility index (Phi) is 5.05. The van der Waals surface area contributed by atoms with Gasteiger partial charge in [0.1, 0.15) is 5.69 Å². The summed E-state index contributed by atoms with van der Waals surface area (Å²) in [5.74, 6) is -0.420. The summed E-state index contributed by atoms with van der Waals surface area (Å²) < 4.78 is 1.21. The van der Waals surface area contributed by atoms with Crippen molar-refractivity contribution < 1.29 is 4.79 Å². The maximum absolute atomic E-state index is 12.6. The number of carbonyl (C=O) groups is 1. The molecular formula is C22H18N4O2S. The molecule has 0 fully saturated rings. The lowest BCUT2D eigenvalue weighted by Crippen LogP contribution is -2.24. The highest BCUT2D eigenvalue weighted by Crippen LogP contribution is 2.28. The Morgan fingerprint density at radius 2 is 1.83 bits per heavy atom. The molecule has 144 valence electrons. The molecule has 4 aromatic rings. The molecule has 0 saturated carbocycles. The van der Waals surface area contributed by atoms with Gasteiger partial charge in [0.05, 0.1) is 11.4 Å². The van der Waals surface area contributed by atoms with Crippen LogP contribution in [0.15, 0.2) is 70.8 Å². The highest BCUT2D eigenvalue weighted by atomic mass is 32.1. The molecule has 1 N–H and O–H groups in total. The lowest BCUT2D eigenvalue weighted by atomic mass is 10.0. The average Bonchev–Trinajstić information content (AvgIpc) is 3.17. The van der Waals surface area contributed by atoms with Crippen LogP contribution >= 0.6 is 11.3 Å². The first-order chi connectivity index (χ1) is 14.0. The van der Waals surface area contributed by atoms with Gasteiger partial charge in [-0.1, -0.05) is 42.0 Å². The first-order valence-electron chi connectivity index (χ1n) is 9.01. The predicted octanol–water partition coefficient (Wildman–Crippen LogP) is 4.23. The Morgan fingerprint density at radius 3 is 2.59 bits per heavy atom. The minimum atomic E-state index is -0.420. The van der Waals surface area contributed by atoms with E-state index in [4.69, 9.17) is 0 Å². The summed E-state index contributed by atoms with van der Waals surface area (Å²) in [5, 5.41) is 9.35. The number of carbonyl (C=O) groups excluding carboxylic acids is 1. The quantitative estimate of drug-likeness (QED) is 0.554. The maximum Gasteiger partial charge on any atom is 0.277 e. The van der Waals surface area contributed by atoms with Crippen molar-refractivity contribution in [3.63, 3.8) is 0 Å². The van der Waals surface area contributed by atoms with E-state index in [1.165, 1.54) is 33.7 Å². The third kappa shape index (κ3) is 4.00. The Morgan fingerprint density at radius 1 is 1.03 bits per heavy atom. The number of amides is 1. The summed E-state index contributed by atoms with van der Waals surface area (Å²) in [6.45, 7) is 4.09. The minimum Gasteiger partial charge on any atom is -0.296 e. The third-order valence-corrected chi connectivity index (χ3v) is 5.17. The molecule has 0 aliphatic carbocycles. The summed E-state index contributed by atoms with van der Waals surface area (Å²) >= 11 is 1.34. The van der Waals surface area contributed by atoms with E-state index in [0.29, 0.717) is 10.8 Å². The Bertz CT molecular complexity index is 1250. The van der Waals surface area contributed by atoms with E-state index in [1.54, 1.807) is 24.3 Å². The molecule has 0 radical (unpaired) electrons. The molecule has 6 nitrogen and oxygen atoms in total. The Labute approximate surface area is 171 Å². The van der Waals surface area contributed by atoms with Crippen molar-refractivity contribution in [3.05, 3.63) is 93.2 Å². The molecule has 1 amide bonds. The number of para-hydroxylation sites is 1. The van der Waals surface area contributed by atoms with Crippen molar-refractivity contribution in [2.45, 2.75) is 13.8 Å². The summed E-state index contributed by atoms with van der Waals surface area (Å²) in [6.07, 6.45) is 0. The van der Waals surface area contributed by atoms with Crippen LogP contribution < -0.4 is 10.9 Å². The number of benzene rings is 2. The first kappa shape index (κ1) is 18.8. The second kappa shape index (κ2) is 7.81. The molecule has 2 heterocycles. The van der Waals surface area contributed by atoms with Crippen LogP contribution in [0.3, 0.4) is 0 Å². The second-order valence-electron chi connectivity index (χ2n) is 6.61. The number of hydrogen-bond donors (Lipinski definition) is 1. The number of hydrogen-bond acceptors (Lipinski definition) is 5. The van der Waals surface area contributed by atoms with Gasteiger partial charge in [-0.05, 0) is 37.6 Å². The van der Waals surface area contributed by atoms with Gasteiger partial charge in [-0.2, -0.15) is 9.78 Å². The van der Waals surface area contributed by atoms with E-state index in [9.17, 15) is 9.59 Å². The van der Waals surface area contributed by atoms with Crippen LogP contribution in [0.2, 0.25) is 0 Å². The molecule has 0 atom stereocenters. The largest absolute Gasteiger partial charge is 0.296 e. The van der Waals surface area contributed by atoms with Gasteiger partial charge in [-0.3, -0.25) is 14.9 Å². The molecule has 0 unspecified atom stereocenters. The normalized spacial score (nSPS) is 10.7. The topological polar surface area (TPSA) is 76.9 Å². The van der Waals surface area contributed by atoms with E-state index >= 15 is 0 Å². The highest BCUT2D eigenvalue weighted by Gasteiger charge is 2.14. The number of nitrogens with zero attached hydrogens (tertiary/aromatic N) is 3. The van der Waals surface area contributed by atoms with Crippen LogP contribution in [-0.4, -0.2) is 20.7 Å². The van der Waals surface area contributed by atoms with Crippen LogP contribution in [0, 0.1) is 13.8 Å².